The number of halogens is 3. The Morgan fingerprint density at radius 2 is 1.84 bits per heavy atom. The number of aromatic nitrogens is 2. The van der Waals surface area contributed by atoms with Gasteiger partial charge in [-0.3, -0.25) is 9.36 Å². The van der Waals surface area contributed by atoms with Gasteiger partial charge in [0.25, 0.3) is 5.56 Å². The van der Waals surface area contributed by atoms with Gasteiger partial charge in [-0.15, -0.1) is 0 Å². The van der Waals surface area contributed by atoms with Gasteiger partial charge in [0, 0.05) is 6.07 Å². The Balaban J connectivity index is 2.35. The van der Waals surface area contributed by atoms with Crippen LogP contribution in [0.3, 0.4) is 0 Å². The highest BCUT2D eigenvalue weighted by molar-refractivity contribution is 5.78. The van der Waals surface area contributed by atoms with Crippen LogP contribution in [0.15, 0.2) is 41.2 Å². The van der Waals surface area contributed by atoms with Crippen LogP contribution < -0.4 is 10.9 Å². The summed E-state index contributed by atoms with van der Waals surface area (Å²) >= 11 is 0. The Morgan fingerprint density at radius 3 is 2.48 bits per heavy atom. The summed E-state index contributed by atoms with van der Waals surface area (Å²) in [4.78, 5) is 27.5. The van der Waals surface area contributed by atoms with Crippen molar-refractivity contribution in [3.63, 3.8) is 0 Å². The molecule has 1 amide bonds. The van der Waals surface area contributed by atoms with Gasteiger partial charge >= 0.3 is 6.09 Å². The molecule has 0 atom stereocenters. The van der Waals surface area contributed by atoms with Crippen LogP contribution in [-0.2, 0) is 6.54 Å². The number of nitrogens with one attached hydrogen (secondary N) is 1. The molecule has 2 N–H and O–H groups in total. The lowest BCUT2D eigenvalue weighted by atomic mass is 10.2. The first kappa shape index (κ1) is 16.5. The van der Waals surface area contributed by atoms with Crippen LogP contribution in [0.25, 0.3) is 16.6 Å². The number of rotatable bonds is 3. The Labute approximate surface area is 138 Å². The molecule has 3 rings (SSSR count). The lowest BCUT2D eigenvalue weighted by Gasteiger charge is -2.14. The third-order valence-corrected chi connectivity index (χ3v) is 3.42. The summed E-state index contributed by atoms with van der Waals surface area (Å²) in [6, 6.07) is 6.10. The van der Waals surface area contributed by atoms with E-state index in [2.05, 4.69) is 4.98 Å². The number of hydrogen-bond acceptors (Lipinski definition) is 3. The van der Waals surface area contributed by atoms with Crippen molar-refractivity contribution in [1.82, 2.24) is 14.9 Å². The third-order valence-electron chi connectivity index (χ3n) is 3.42. The Morgan fingerprint density at radius 1 is 1.16 bits per heavy atom. The smallest absolute Gasteiger partial charge is 0.405 e. The molecule has 6 nitrogen and oxygen atoms in total. The van der Waals surface area contributed by atoms with Crippen molar-refractivity contribution in [2.24, 2.45) is 0 Å². The summed E-state index contributed by atoms with van der Waals surface area (Å²) in [5, 5.41) is 10.4. The maximum atomic E-state index is 14.0. The van der Waals surface area contributed by atoms with Crippen molar-refractivity contribution in [1.29, 1.82) is 0 Å². The van der Waals surface area contributed by atoms with Crippen molar-refractivity contribution < 1.29 is 23.1 Å². The van der Waals surface area contributed by atoms with Gasteiger partial charge < -0.3 is 10.4 Å². The molecule has 1 heterocycles. The van der Waals surface area contributed by atoms with Crippen molar-refractivity contribution in [2.45, 2.75) is 6.54 Å². The highest BCUT2D eigenvalue weighted by atomic mass is 19.1. The summed E-state index contributed by atoms with van der Waals surface area (Å²) in [5.41, 5.74) is -1.14. The van der Waals surface area contributed by atoms with Crippen LogP contribution in [-0.4, -0.2) is 20.8 Å². The van der Waals surface area contributed by atoms with Gasteiger partial charge in [0.05, 0.1) is 17.7 Å². The average molecular weight is 349 g/mol. The fourth-order valence-corrected chi connectivity index (χ4v) is 2.44. The molecule has 0 spiro atoms. The molecule has 0 fully saturated rings. The van der Waals surface area contributed by atoms with E-state index in [0.717, 1.165) is 22.8 Å². The molecule has 0 saturated heterocycles. The number of nitrogens with zero attached hydrogens (tertiary/aromatic N) is 2. The molecular weight excluding hydrogens is 339 g/mol. The minimum Gasteiger partial charge on any atom is -0.465 e. The second-order valence-corrected chi connectivity index (χ2v) is 5.09. The molecule has 0 saturated carbocycles. The van der Waals surface area contributed by atoms with Gasteiger partial charge in [-0.05, 0) is 24.3 Å². The fourth-order valence-electron chi connectivity index (χ4n) is 2.44. The minimum atomic E-state index is -1.38. The fraction of sp³-hybridized carbons (Fsp3) is 0.0625. The summed E-state index contributed by atoms with van der Waals surface area (Å²) in [7, 11) is 0. The van der Waals surface area contributed by atoms with Crippen LogP contribution in [0, 0.1) is 17.5 Å². The predicted octanol–water partition coefficient (Wildman–Crippen LogP) is 2.57. The average Bonchev–Trinajstić information content (AvgIpc) is 2.51. The zero-order valence-corrected chi connectivity index (χ0v) is 12.5. The summed E-state index contributed by atoms with van der Waals surface area (Å²) in [6.45, 7) is -0.421. The van der Waals surface area contributed by atoms with Gasteiger partial charge in [0.2, 0.25) is 0 Å². The first-order valence-corrected chi connectivity index (χ1v) is 7.00. The van der Waals surface area contributed by atoms with E-state index in [1.54, 1.807) is 0 Å². The molecule has 0 bridgehead atoms. The van der Waals surface area contributed by atoms with Gasteiger partial charge in [0.1, 0.15) is 28.7 Å². The molecule has 0 unspecified atom stereocenters. The first-order valence-electron chi connectivity index (χ1n) is 7.00. The van der Waals surface area contributed by atoms with Crippen molar-refractivity contribution in [2.75, 3.05) is 0 Å². The number of carbonyl (C=O) groups is 1. The molecule has 25 heavy (non-hydrogen) atoms. The zero-order valence-electron chi connectivity index (χ0n) is 12.5. The topological polar surface area (TPSA) is 84.2 Å². The lowest BCUT2D eigenvalue weighted by Crippen LogP contribution is -2.30. The number of fused-ring (bicyclic) bond motifs is 1. The largest absolute Gasteiger partial charge is 0.465 e. The molecule has 0 radical (unpaired) electrons. The van der Waals surface area contributed by atoms with Gasteiger partial charge in [-0.2, -0.15) is 0 Å². The maximum absolute atomic E-state index is 14.0. The van der Waals surface area contributed by atoms with Crippen molar-refractivity contribution in [3.8, 4) is 5.69 Å². The van der Waals surface area contributed by atoms with Gasteiger partial charge in [-0.1, -0.05) is 6.07 Å². The SMILES string of the molecule is O=C(O)NCc1nc2cccc(F)c2c(=O)n1-c1cc(F)cc(F)c1. The quantitative estimate of drug-likeness (QED) is 0.761. The van der Waals surface area contributed by atoms with E-state index < -0.39 is 35.6 Å². The molecular formula is C16H10F3N3O3. The van der Waals surface area contributed by atoms with Crippen LogP contribution in [0.1, 0.15) is 5.82 Å². The first-order chi connectivity index (χ1) is 11.9. The van der Waals surface area contributed by atoms with Crippen LogP contribution in [0.4, 0.5) is 18.0 Å². The lowest BCUT2D eigenvalue weighted by molar-refractivity contribution is 0.193. The molecule has 1 aromatic heterocycles. The standard InChI is InChI=1S/C16H10F3N3O3/c17-8-4-9(18)6-10(5-8)22-13(7-20-16(24)25)21-12-3-1-2-11(19)14(12)15(22)23/h1-6,20H,7H2,(H,24,25). The van der Waals surface area contributed by atoms with Crippen LogP contribution >= 0.6 is 0 Å². The van der Waals surface area contributed by atoms with E-state index in [9.17, 15) is 22.8 Å². The van der Waals surface area contributed by atoms with Gasteiger partial charge in [0.15, 0.2) is 0 Å². The maximum Gasteiger partial charge on any atom is 0.405 e. The van der Waals surface area contributed by atoms with E-state index in [4.69, 9.17) is 5.11 Å². The summed E-state index contributed by atoms with van der Waals surface area (Å²) in [6.07, 6.45) is -1.38. The number of benzene rings is 2. The second kappa shape index (κ2) is 6.27. The van der Waals surface area contributed by atoms with E-state index in [1.165, 1.54) is 12.1 Å². The third kappa shape index (κ3) is 3.16. The monoisotopic (exact) mass is 349 g/mol. The molecule has 2 aromatic carbocycles. The Hall–Kier alpha value is -3.36. The molecule has 0 aliphatic heterocycles. The normalized spacial score (nSPS) is 10.8. The predicted molar refractivity (Wildman–Crippen MR) is 82.1 cm³/mol. The summed E-state index contributed by atoms with van der Waals surface area (Å²) < 4.78 is 41.9. The van der Waals surface area contributed by atoms with Crippen LogP contribution in [0.2, 0.25) is 0 Å². The second-order valence-electron chi connectivity index (χ2n) is 5.09. The highest BCUT2D eigenvalue weighted by Gasteiger charge is 2.17. The Bertz CT molecular complexity index is 1030. The molecule has 0 aliphatic rings. The molecule has 128 valence electrons. The van der Waals surface area contributed by atoms with E-state index in [1.807, 2.05) is 5.32 Å². The van der Waals surface area contributed by atoms with Gasteiger partial charge in [-0.25, -0.2) is 22.9 Å². The van der Waals surface area contributed by atoms with Crippen LogP contribution in [0.5, 0.6) is 0 Å². The zero-order chi connectivity index (χ0) is 18.1. The number of amides is 1. The molecule has 3 aromatic rings. The summed E-state index contributed by atoms with van der Waals surface area (Å²) in [5.74, 6) is -2.89. The highest BCUT2D eigenvalue weighted by Crippen LogP contribution is 2.17. The number of carboxylic acid groups (broad SMARTS) is 1. The Kier molecular flexibility index (Phi) is 4.14. The molecule has 0 aliphatic carbocycles. The number of hydrogen-bond donors (Lipinski definition) is 2. The van der Waals surface area contributed by atoms with E-state index in [0.29, 0.717) is 6.07 Å². The van der Waals surface area contributed by atoms with Crippen molar-refractivity contribution in [3.05, 3.63) is 70.0 Å². The van der Waals surface area contributed by atoms with E-state index >= 15 is 0 Å². The van der Waals surface area contributed by atoms with E-state index in [-0.39, 0.29) is 22.4 Å². The minimum absolute atomic E-state index is 0.000291. The van der Waals surface area contributed by atoms with Crippen molar-refractivity contribution >= 4 is 17.0 Å². The molecule has 9 heteroatoms.